The topological polar surface area (TPSA) is 54.7 Å². The molecule has 0 aliphatic carbocycles. The normalized spacial score (nSPS) is 10.9. The van der Waals surface area contributed by atoms with Crippen LogP contribution in [0.2, 0.25) is 0 Å². The Bertz CT molecular complexity index is 630. The number of aryl methyl sites for hydroxylation is 1. The minimum Gasteiger partial charge on any atom is -0.398 e. The van der Waals surface area contributed by atoms with Crippen molar-refractivity contribution in [1.82, 2.24) is 9.97 Å². The minimum atomic E-state index is 0.754. The van der Waals surface area contributed by atoms with Crippen LogP contribution in [-0.2, 0) is 0 Å². The average Bonchev–Trinajstić information content (AvgIpc) is 2.71. The summed E-state index contributed by atoms with van der Waals surface area (Å²) in [6, 6.07) is 13.9. The van der Waals surface area contributed by atoms with Crippen LogP contribution in [0.25, 0.3) is 22.4 Å². The molecule has 3 aromatic rings. The zero-order chi connectivity index (χ0) is 11.8. The van der Waals surface area contributed by atoms with Crippen molar-refractivity contribution in [3.8, 4) is 11.4 Å². The van der Waals surface area contributed by atoms with Gasteiger partial charge in [-0.15, -0.1) is 0 Å². The van der Waals surface area contributed by atoms with E-state index in [9.17, 15) is 0 Å². The van der Waals surface area contributed by atoms with Crippen molar-refractivity contribution in [2.75, 3.05) is 5.73 Å². The van der Waals surface area contributed by atoms with E-state index in [0.717, 1.165) is 33.7 Å². The second-order valence-electron chi connectivity index (χ2n) is 4.14. The number of hydrogen-bond donors (Lipinski definition) is 2. The van der Waals surface area contributed by atoms with Gasteiger partial charge in [-0.05, 0) is 30.7 Å². The van der Waals surface area contributed by atoms with Gasteiger partial charge in [0.1, 0.15) is 5.82 Å². The number of rotatable bonds is 1. The summed E-state index contributed by atoms with van der Waals surface area (Å²) >= 11 is 0. The molecule has 0 aliphatic heterocycles. The van der Waals surface area contributed by atoms with Gasteiger partial charge in [0.05, 0.1) is 11.0 Å². The number of nitrogen functional groups attached to an aromatic ring is 1. The number of aromatic nitrogens is 2. The molecule has 0 radical (unpaired) electrons. The number of nitrogens with zero attached hydrogens (tertiary/aromatic N) is 1. The Kier molecular flexibility index (Phi) is 2.11. The fourth-order valence-electron chi connectivity index (χ4n) is 2.09. The summed E-state index contributed by atoms with van der Waals surface area (Å²) in [5, 5.41) is 0. The lowest BCUT2D eigenvalue weighted by molar-refractivity contribution is 1.31. The van der Waals surface area contributed by atoms with Gasteiger partial charge in [-0.1, -0.05) is 24.3 Å². The maximum Gasteiger partial charge on any atom is 0.140 e. The predicted octanol–water partition coefficient (Wildman–Crippen LogP) is 3.12. The first-order valence-corrected chi connectivity index (χ1v) is 5.56. The van der Waals surface area contributed by atoms with E-state index in [2.05, 4.69) is 9.97 Å². The molecular formula is C14H13N3. The highest BCUT2D eigenvalue weighted by Crippen LogP contribution is 2.28. The van der Waals surface area contributed by atoms with Crippen molar-refractivity contribution >= 4 is 16.7 Å². The van der Waals surface area contributed by atoms with Gasteiger partial charge >= 0.3 is 0 Å². The van der Waals surface area contributed by atoms with E-state index in [0.29, 0.717) is 0 Å². The van der Waals surface area contributed by atoms with Crippen molar-refractivity contribution in [1.29, 1.82) is 0 Å². The summed E-state index contributed by atoms with van der Waals surface area (Å²) in [7, 11) is 0. The lowest BCUT2D eigenvalue weighted by atomic mass is 10.1. The predicted molar refractivity (Wildman–Crippen MR) is 70.7 cm³/mol. The first kappa shape index (κ1) is 9.90. The van der Waals surface area contributed by atoms with Gasteiger partial charge in [0.2, 0.25) is 0 Å². The smallest absolute Gasteiger partial charge is 0.140 e. The highest BCUT2D eigenvalue weighted by atomic mass is 14.9. The van der Waals surface area contributed by atoms with Gasteiger partial charge in [-0.25, -0.2) is 4.98 Å². The minimum absolute atomic E-state index is 0.754. The van der Waals surface area contributed by atoms with Crippen LogP contribution in [0, 0.1) is 6.92 Å². The zero-order valence-electron chi connectivity index (χ0n) is 9.57. The second kappa shape index (κ2) is 3.63. The molecule has 3 rings (SSSR count). The van der Waals surface area contributed by atoms with E-state index < -0.39 is 0 Å². The fraction of sp³-hybridized carbons (Fsp3) is 0.0714. The van der Waals surface area contributed by atoms with Gasteiger partial charge < -0.3 is 10.7 Å². The van der Waals surface area contributed by atoms with E-state index in [1.807, 2.05) is 49.4 Å². The Morgan fingerprint density at radius 2 is 1.88 bits per heavy atom. The summed E-state index contributed by atoms with van der Waals surface area (Å²) in [4.78, 5) is 7.87. The van der Waals surface area contributed by atoms with Gasteiger partial charge in [0, 0.05) is 11.3 Å². The maximum absolute atomic E-state index is 6.02. The van der Waals surface area contributed by atoms with Crippen LogP contribution in [-0.4, -0.2) is 9.97 Å². The van der Waals surface area contributed by atoms with Crippen LogP contribution in [0.1, 0.15) is 5.56 Å². The molecule has 0 amide bonds. The van der Waals surface area contributed by atoms with Crippen LogP contribution in [0.3, 0.4) is 0 Å². The molecule has 3 N–H and O–H groups in total. The van der Waals surface area contributed by atoms with Crippen LogP contribution in [0.15, 0.2) is 42.5 Å². The third-order valence-corrected chi connectivity index (χ3v) is 2.93. The van der Waals surface area contributed by atoms with Crippen LogP contribution in [0.4, 0.5) is 5.69 Å². The number of hydrogen-bond acceptors (Lipinski definition) is 2. The Labute approximate surface area is 99.3 Å². The fourth-order valence-corrected chi connectivity index (χ4v) is 2.09. The Balaban J connectivity index is 2.27. The van der Waals surface area contributed by atoms with Crippen molar-refractivity contribution < 1.29 is 0 Å². The van der Waals surface area contributed by atoms with Crippen molar-refractivity contribution in [2.24, 2.45) is 0 Å². The number of para-hydroxylation sites is 2. The van der Waals surface area contributed by atoms with Gasteiger partial charge in [-0.3, -0.25) is 0 Å². The van der Waals surface area contributed by atoms with E-state index in [1.165, 1.54) is 0 Å². The monoisotopic (exact) mass is 223 g/mol. The zero-order valence-corrected chi connectivity index (χ0v) is 9.57. The van der Waals surface area contributed by atoms with Gasteiger partial charge in [-0.2, -0.15) is 0 Å². The highest BCUT2D eigenvalue weighted by Gasteiger charge is 2.10. The van der Waals surface area contributed by atoms with Crippen LogP contribution >= 0.6 is 0 Å². The van der Waals surface area contributed by atoms with Crippen LogP contribution in [0.5, 0.6) is 0 Å². The molecule has 0 saturated heterocycles. The first-order valence-electron chi connectivity index (χ1n) is 5.56. The number of H-pyrrole nitrogens is 1. The molecule has 0 bridgehead atoms. The molecule has 0 spiro atoms. The summed E-state index contributed by atoms with van der Waals surface area (Å²) in [5.41, 5.74) is 10.9. The first-order chi connectivity index (χ1) is 8.25. The van der Waals surface area contributed by atoms with Crippen molar-refractivity contribution in [3.63, 3.8) is 0 Å². The summed E-state index contributed by atoms with van der Waals surface area (Å²) in [6.45, 7) is 2.04. The number of fused-ring (bicyclic) bond motifs is 1. The molecule has 3 nitrogen and oxygen atoms in total. The van der Waals surface area contributed by atoms with E-state index in [1.54, 1.807) is 0 Å². The standard InChI is InChI=1S/C14H13N3/c1-9-5-4-6-10(15)13(9)14-16-11-7-2-3-8-12(11)17-14/h2-8H,15H2,1H3,(H,16,17). The molecule has 0 saturated carbocycles. The van der Waals surface area contributed by atoms with Crippen molar-refractivity contribution in [3.05, 3.63) is 48.0 Å². The lowest BCUT2D eigenvalue weighted by Gasteiger charge is -2.05. The largest absolute Gasteiger partial charge is 0.398 e. The molecule has 2 aromatic carbocycles. The Morgan fingerprint density at radius 3 is 2.65 bits per heavy atom. The molecule has 1 heterocycles. The van der Waals surface area contributed by atoms with Gasteiger partial charge in [0.15, 0.2) is 0 Å². The third-order valence-electron chi connectivity index (χ3n) is 2.93. The summed E-state index contributed by atoms with van der Waals surface area (Å²) in [6.07, 6.45) is 0. The summed E-state index contributed by atoms with van der Waals surface area (Å²) < 4.78 is 0. The van der Waals surface area contributed by atoms with E-state index in [4.69, 9.17) is 5.73 Å². The number of anilines is 1. The molecule has 3 heteroatoms. The molecule has 1 aromatic heterocycles. The van der Waals surface area contributed by atoms with E-state index >= 15 is 0 Å². The number of nitrogens with two attached hydrogens (primary N) is 1. The molecule has 0 aliphatic rings. The molecule has 0 fully saturated rings. The molecule has 17 heavy (non-hydrogen) atoms. The second-order valence-corrected chi connectivity index (χ2v) is 4.14. The van der Waals surface area contributed by atoms with Crippen molar-refractivity contribution in [2.45, 2.75) is 6.92 Å². The maximum atomic E-state index is 6.02. The SMILES string of the molecule is Cc1cccc(N)c1-c1nc2ccccc2[nH]1. The molecule has 0 atom stereocenters. The highest BCUT2D eigenvalue weighted by molar-refractivity contribution is 5.83. The Morgan fingerprint density at radius 1 is 1.06 bits per heavy atom. The van der Waals surface area contributed by atoms with E-state index in [-0.39, 0.29) is 0 Å². The van der Waals surface area contributed by atoms with Gasteiger partial charge in [0.25, 0.3) is 0 Å². The molecular weight excluding hydrogens is 210 g/mol. The number of aromatic amines is 1. The number of nitrogens with one attached hydrogen (secondary N) is 1. The quantitative estimate of drug-likeness (QED) is 0.623. The number of imidazole rings is 1. The van der Waals surface area contributed by atoms with Crippen LogP contribution < -0.4 is 5.73 Å². The number of benzene rings is 2. The summed E-state index contributed by atoms with van der Waals surface area (Å²) in [5.74, 6) is 0.835. The molecule has 84 valence electrons. The third kappa shape index (κ3) is 1.56. The Hall–Kier alpha value is -2.29. The lowest BCUT2D eigenvalue weighted by Crippen LogP contribution is -1.93. The molecule has 0 unspecified atom stereocenters. The average molecular weight is 223 g/mol.